The second kappa shape index (κ2) is 6.31. The van der Waals surface area contributed by atoms with E-state index >= 15 is 0 Å². The fraction of sp³-hybridized carbons (Fsp3) is 0.667. The second-order valence-corrected chi connectivity index (χ2v) is 5.58. The van der Waals surface area contributed by atoms with Crippen molar-refractivity contribution in [3.63, 3.8) is 0 Å². The van der Waals surface area contributed by atoms with Crippen LogP contribution in [0.1, 0.15) is 50.5 Å². The molecule has 5 nitrogen and oxygen atoms in total. The average molecular weight is 280 g/mol. The molecule has 0 aliphatic carbocycles. The molecule has 0 aliphatic heterocycles. The smallest absolute Gasteiger partial charge is 0.306 e. The Labute approximate surface area is 120 Å². The Morgan fingerprint density at radius 2 is 1.80 bits per heavy atom. The number of aryl methyl sites for hydroxylation is 2. The molecule has 0 bridgehead atoms. The average Bonchev–Trinajstić information content (AvgIpc) is 2.32. The van der Waals surface area contributed by atoms with E-state index in [2.05, 4.69) is 9.97 Å². The lowest BCUT2D eigenvalue weighted by atomic mass is 9.98. The molecule has 0 radical (unpaired) electrons. The molecule has 0 spiro atoms. The molecule has 1 aromatic heterocycles. The second-order valence-electron chi connectivity index (χ2n) is 5.58. The maximum atomic E-state index is 11.0. The maximum Gasteiger partial charge on any atom is 0.306 e. The number of aromatic nitrogens is 2. The molecule has 0 amide bonds. The highest BCUT2D eigenvalue weighted by atomic mass is 16.5. The number of carbonyl (C=O) groups is 1. The molecule has 5 heteroatoms. The van der Waals surface area contributed by atoms with Crippen molar-refractivity contribution in [1.29, 1.82) is 0 Å². The van der Waals surface area contributed by atoms with Crippen molar-refractivity contribution in [3.05, 3.63) is 22.8 Å². The van der Waals surface area contributed by atoms with E-state index in [0.29, 0.717) is 18.9 Å². The zero-order valence-electron chi connectivity index (χ0n) is 13.1. The summed E-state index contributed by atoms with van der Waals surface area (Å²) in [5, 5.41) is 9.02. The van der Waals surface area contributed by atoms with E-state index in [9.17, 15) is 4.79 Å². The molecule has 0 saturated heterocycles. The fourth-order valence-electron chi connectivity index (χ4n) is 2.12. The van der Waals surface area contributed by atoms with Gasteiger partial charge in [-0.05, 0) is 46.6 Å². The minimum absolute atomic E-state index is 0.443. The van der Waals surface area contributed by atoms with Gasteiger partial charge in [-0.15, -0.1) is 0 Å². The first-order valence-corrected chi connectivity index (χ1v) is 6.90. The van der Waals surface area contributed by atoms with Crippen molar-refractivity contribution in [2.75, 3.05) is 6.61 Å². The van der Waals surface area contributed by atoms with Crippen LogP contribution in [-0.4, -0.2) is 27.7 Å². The highest BCUT2D eigenvalue weighted by molar-refractivity contribution is 5.70. The Bertz CT molecular complexity index is 475. The summed E-state index contributed by atoms with van der Waals surface area (Å²) in [7, 11) is 0. The van der Waals surface area contributed by atoms with E-state index in [1.165, 1.54) is 0 Å². The SMILES string of the molecule is CCOC(C)(C)c1nc(C)c(CC(C)C(=O)O)c(C)n1. The Balaban J connectivity index is 3.12. The summed E-state index contributed by atoms with van der Waals surface area (Å²) in [5.41, 5.74) is 2.03. The molecular formula is C15H24N2O3. The van der Waals surface area contributed by atoms with Gasteiger partial charge < -0.3 is 9.84 Å². The molecule has 20 heavy (non-hydrogen) atoms. The fourth-order valence-corrected chi connectivity index (χ4v) is 2.12. The van der Waals surface area contributed by atoms with Gasteiger partial charge in [0.25, 0.3) is 0 Å². The van der Waals surface area contributed by atoms with E-state index in [1.54, 1.807) is 6.92 Å². The van der Waals surface area contributed by atoms with Gasteiger partial charge >= 0.3 is 5.97 Å². The Kier molecular flexibility index (Phi) is 5.22. The van der Waals surface area contributed by atoms with Crippen LogP contribution in [0.4, 0.5) is 0 Å². The van der Waals surface area contributed by atoms with Crippen LogP contribution in [0.15, 0.2) is 0 Å². The summed E-state index contributed by atoms with van der Waals surface area (Å²) in [5.74, 6) is -0.606. The van der Waals surface area contributed by atoms with Crippen LogP contribution >= 0.6 is 0 Å². The third-order valence-corrected chi connectivity index (χ3v) is 3.40. The van der Waals surface area contributed by atoms with E-state index in [4.69, 9.17) is 9.84 Å². The molecule has 1 rings (SSSR count). The zero-order chi connectivity index (χ0) is 15.5. The van der Waals surface area contributed by atoms with E-state index in [0.717, 1.165) is 17.0 Å². The number of nitrogens with zero attached hydrogens (tertiary/aromatic N) is 2. The Morgan fingerprint density at radius 3 is 2.20 bits per heavy atom. The first-order chi connectivity index (χ1) is 9.19. The summed E-state index contributed by atoms with van der Waals surface area (Å²) in [6.45, 7) is 11.9. The van der Waals surface area contributed by atoms with Crippen LogP contribution in [0, 0.1) is 19.8 Å². The number of carboxylic acids is 1. The molecule has 0 aliphatic rings. The van der Waals surface area contributed by atoms with Crippen LogP contribution in [0.3, 0.4) is 0 Å². The highest BCUT2D eigenvalue weighted by Crippen LogP contribution is 2.24. The topological polar surface area (TPSA) is 72.3 Å². The quantitative estimate of drug-likeness (QED) is 0.867. The van der Waals surface area contributed by atoms with Gasteiger partial charge in [0.15, 0.2) is 5.82 Å². The predicted octanol–water partition coefficient (Wildman–Crippen LogP) is 2.63. The number of hydrogen-bond acceptors (Lipinski definition) is 4. The lowest BCUT2D eigenvalue weighted by Gasteiger charge is -2.24. The summed E-state index contributed by atoms with van der Waals surface area (Å²) in [4.78, 5) is 20.0. The maximum absolute atomic E-state index is 11.0. The number of ether oxygens (including phenoxy) is 1. The van der Waals surface area contributed by atoms with Gasteiger partial charge in [-0.1, -0.05) is 6.92 Å². The number of carboxylic acid groups (broad SMARTS) is 1. The molecule has 1 atom stereocenters. The van der Waals surface area contributed by atoms with Crippen LogP contribution in [0.25, 0.3) is 0 Å². The molecule has 1 heterocycles. The molecule has 0 fully saturated rings. The normalized spacial score (nSPS) is 13.3. The van der Waals surface area contributed by atoms with Crippen LogP contribution < -0.4 is 0 Å². The van der Waals surface area contributed by atoms with Crippen molar-refractivity contribution in [2.45, 2.75) is 53.6 Å². The minimum atomic E-state index is -0.803. The largest absolute Gasteiger partial charge is 0.481 e. The molecule has 0 aromatic carbocycles. The molecule has 112 valence electrons. The van der Waals surface area contributed by atoms with Crippen molar-refractivity contribution < 1.29 is 14.6 Å². The van der Waals surface area contributed by atoms with Crippen LogP contribution in [0.5, 0.6) is 0 Å². The van der Waals surface area contributed by atoms with E-state index in [-0.39, 0.29) is 0 Å². The van der Waals surface area contributed by atoms with Gasteiger partial charge in [0.1, 0.15) is 5.60 Å². The van der Waals surface area contributed by atoms with Crippen LogP contribution in [0.2, 0.25) is 0 Å². The summed E-state index contributed by atoms with van der Waals surface area (Å²) in [6.07, 6.45) is 0.447. The number of aliphatic carboxylic acids is 1. The van der Waals surface area contributed by atoms with Gasteiger partial charge in [0.2, 0.25) is 0 Å². The number of rotatable bonds is 6. The van der Waals surface area contributed by atoms with Gasteiger partial charge in [-0.25, -0.2) is 9.97 Å². The van der Waals surface area contributed by atoms with E-state index < -0.39 is 17.5 Å². The Morgan fingerprint density at radius 1 is 1.30 bits per heavy atom. The molecule has 1 aromatic rings. The van der Waals surface area contributed by atoms with Crippen LogP contribution in [-0.2, 0) is 21.6 Å². The predicted molar refractivity (Wildman–Crippen MR) is 76.7 cm³/mol. The molecule has 1 N–H and O–H groups in total. The highest BCUT2D eigenvalue weighted by Gasteiger charge is 2.26. The summed E-state index contributed by atoms with van der Waals surface area (Å²) >= 11 is 0. The van der Waals surface area contributed by atoms with Gasteiger partial charge in [-0.3, -0.25) is 4.79 Å². The van der Waals surface area contributed by atoms with Gasteiger partial charge in [0, 0.05) is 18.0 Å². The first kappa shape index (κ1) is 16.6. The zero-order valence-corrected chi connectivity index (χ0v) is 13.1. The van der Waals surface area contributed by atoms with Crippen molar-refractivity contribution in [1.82, 2.24) is 9.97 Å². The van der Waals surface area contributed by atoms with Crippen molar-refractivity contribution >= 4 is 5.97 Å². The number of hydrogen-bond donors (Lipinski definition) is 1. The minimum Gasteiger partial charge on any atom is -0.481 e. The third-order valence-electron chi connectivity index (χ3n) is 3.40. The molecule has 0 saturated carbocycles. The third kappa shape index (κ3) is 3.76. The van der Waals surface area contributed by atoms with Gasteiger partial charge in [0.05, 0.1) is 5.92 Å². The lowest BCUT2D eigenvalue weighted by molar-refractivity contribution is -0.141. The van der Waals surface area contributed by atoms with Crippen molar-refractivity contribution in [3.8, 4) is 0 Å². The van der Waals surface area contributed by atoms with Gasteiger partial charge in [-0.2, -0.15) is 0 Å². The molecule has 1 unspecified atom stereocenters. The monoisotopic (exact) mass is 280 g/mol. The summed E-state index contributed by atoms with van der Waals surface area (Å²) in [6, 6.07) is 0. The van der Waals surface area contributed by atoms with E-state index in [1.807, 2.05) is 34.6 Å². The Hall–Kier alpha value is -1.49. The van der Waals surface area contributed by atoms with Crippen molar-refractivity contribution in [2.24, 2.45) is 5.92 Å². The summed E-state index contributed by atoms with van der Waals surface area (Å²) < 4.78 is 5.67. The lowest BCUT2D eigenvalue weighted by Crippen LogP contribution is -2.26. The molecular weight excluding hydrogens is 256 g/mol. The first-order valence-electron chi connectivity index (χ1n) is 6.90. The standard InChI is InChI=1S/C15H24N2O3/c1-7-20-15(5,6)14-16-10(3)12(11(4)17-14)8-9(2)13(18)19/h9H,7-8H2,1-6H3,(H,18,19).